The van der Waals surface area contributed by atoms with Gasteiger partial charge in [0.2, 0.25) is 15.9 Å². The maximum atomic E-state index is 13.1. The third kappa shape index (κ3) is 4.87. The maximum Gasteiger partial charge on any atom is 0.417 e. The van der Waals surface area contributed by atoms with E-state index in [0.29, 0.717) is 32.2 Å². The van der Waals surface area contributed by atoms with Crippen LogP contribution in [-0.2, 0) is 21.0 Å². The molecule has 2 aromatic rings. The molecule has 1 saturated heterocycles. The molecule has 0 aliphatic carbocycles. The molecule has 1 atom stereocenters. The number of anilines is 1. The number of hydrogen-bond acceptors (Lipinski definition) is 6. The van der Waals surface area contributed by atoms with Crippen molar-refractivity contribution in [3.8, 4) is 0 Å². The van der Waals surface area contributed by atoms with E-state index in [1.54, 1.807) is 6.20 Å². The highest BCUT2D eigenvalue weighted by Crippen LogP contribution is 2.34. The third-order valence-corrected chi connectivity index (χ3v) is 6.90. The average Bonchev–Trinajstić information content (AvgIpc) is 3.21. The van der Waals surface area contributed by atoms with Crippen molar-refractivity contribution >= 4 is 32.4 Å². The molecule has 1 unspecified atom stereocenters. The molecule has 158 valence electrons. The van der Waals surface area contributed by atoms with Gasteiger partial charge in [0, 0.05) is 37.8 Å². The van der Waals surface area contributed by atoms with Crippen LogP contribution in [0.25, 0.3) is 0 Å². The molecule has 12 heteroatoms. The number of hydrogen-bond donors (Lipinski definition) is 1. The second-order valence-corrected chi connectivity index (χ2v) is 9.02. The Bertz CT molecular complexity index is 957. The quantitative estimate of drug-likeness (QED) is 0.758. The predicted octanol–water partition coefficient (Wildman–Crippen LogP) is 2.18. The number of carbonyl (C=O) groups excluding carboxylic acids is 1. The van der Waals surface area contributed by atoms with Crippen molar-refractivity contribution in [3.63, 3.8) is 0 Å². The van der Waals surface area contributed by atoms with E-state index in [0.717, 1.165) is 17.3 Å². The van der Waals surface area contributed by atoms with Crippen molar-refractivity contribution in [2.75, 3.05) is 31.1 Å². The van der Waals surface area contributed by atoms with Gasteiger partial charge in [0.1, 0.15) is 0 Å². The van der Waals surface area contributed by atoms with Crippen molar-refractivity contribution < 1.29 is 26.4 Å². The smallest absolute Gasteiger partial charge is 0.345 e. The Morgan fingerprint density at radius 3 is 2.45 bits per heavy atom. The number of carbonyl (C=O) groups is 1. The Labute approximate surface area is 170 Å². The predicted molar refractivity (Wildman–Crippen MR) is 102 cm³/mol. The average molecular weight is 448 g/mol. The summed E-state index contributed by atoms with van der Waals surface area (Å²) in [5.41, 5.74) is -1.27. The Hall–Kier alpha value is -2.18. The summed E-state index contributed by atoms with van der Waals surface area (Å²) in [4.78, 5) is 19.4. The number of sulfonamides is 1. The zero-order chi connectivity index (χ0) is 21.2. The Morgan fingerprint density at radius 2 is 1.86 bits per heavy atom. The van der Waals surface area contributed by atoms with Crippen LogP contribution >= 0.6 is 11.3 Å². The summed E-state index contributed by atoms with van der Waals surface area (Å²) in [6.07, 6.45) is -3.14. The normalized spacial score (nSPS) is 16.7. The van der Waals surface area contributed by atoms with Crippen LogP contribution < -0.4 is 9.62 Å². The fourth-order valence-corrected chi connectivity index (χ4v) is 5.17. The minimum Gasteiger partial charge on any atom is -0.345 e. The summed E-state index contributed by atoms with van der Waals surface area (Å²) < 4.78 is 66.5. The van der Waals surface area contributed by atoms with Gasteiger partial charge in [0.15, 0.2) is 5.13 Å². The largest absolute Gasteiger partial charge is 0.417 e. The Kier molecular flexibility index (Phi) is 6.15. The van der Waals surface area contributed by atoms with Crippen LogP contribution in [0.5, 0.6) is 0 Å². The molecule has 1 N–H and O–H groups in total. The van der Waals surface area contributed by atoms with Gasteiger partial charge >= 0.3 is 6.18 Å². The number of nitrogens with zero attached hydrogens (tertiary/aromatic N) is 3. The number of halogens is 3. The van der Waals surface area contributed by atoms with Gasteiger partial charge in [0.25, 0.3) is 0 Å². The highest BCUT2D eigenvalue weighted by Gasteiger charge is 2.38. The number of thiazole rings is 1. The molecule has 0 bridgehead atoms. The second kappa shape index (κ2) is 8.28. The number of amides is 1. The maximum absolute atomic E-state index is 13.1. The summed E-state index contributed by atoms with van der Waals surface area (Å²) in [7, 11) is -4.54. The monoisotopic (exact) mass is 448 g/mol. The summed E-state index contributed by atoms with van der Waals surface area (Å²) in [5.74, 6) is -0.489. The lowest BCUT2D eigenvalue weighted by Gasteiger charge is -2.35. The van der Waals surface area contributed by atoms with Gasteiger partial charge in [-0.3, -0.25) is 4.79 Å². The number of benzene rings is 1. The van der Waals surface area contributed by atoms with E-state index in [-0.39, 0.29) is 0 Å². The van der Waals surface area contributed by atoms with E-state index in [9.17, 15) is 26.4 Å². The van der Waals surface area contributed by atoms with Crippen molar-refractivity contribution in [1.29, 1.82) is 0 Å². The van der Waals surface area contributed by atoms with Gasteiger partial charge in [0.05, 0.1) is 16.5 Å². The first-order chi connectivity index (χ1) is 13.6. The molecule has 1 aromatic carbocycles. The zero-order valence-electron chi connectivity index (χ0n) is 15.4. The molecule has 0 saturated carbocycles. The second-order valence-electron chi connectivity index (χ2n) is 6.46. The van der Waals surface area contributed by atoms with Crippen LogP contribution in [0.4, 0.5) is 18.3 Å². The van der Waals surface area contributed by atoms with Crippen LogP contribution in [0, 0.1) is 0 Å². The molecular weight excluding hydrogens is 429 g/mol. The number of piperazine rings is 1. The number of alkyl halides is 3. The summed E-state index contributed by atoms with van der Waals surface area (Å²) in [6.45, 7) is 3.13. The van der Waals surface area contributed by atoms with Crippen LogP contribution in [0.15, 0.2) is 40.7 Å². The van der Waals surface area contributed by atoms with Crippen LogP contribution in [0.2, 0.25) is 0 Å². The lowest BCUT2D eigenvalue weighted by molar-refractivity contribution is -0.139. The highest BCUT2D eigenvalue weighted by molar-refractivity contribution is 7.89. The first-order valence-corrected chi connectivity index (χ1v) is 11.1. The van der Waals surface area contributed by atoms with E-state index in [1.165, 1.54) is 29.2 Å². The van der Waals surface area contributed by atoms with Crippen molar-refractivity contribution in [2.24, 2.45) is 0 Å². The van der Waals surface area contributed by atoms with Crippen molar-refractivity contribution in [2.45, 2.75) is 24.0 Å². The Balaban J connectivity index is 1.67. The highest BCUT2D eigenvalue weighted by atomic mass is 32.2. The molecule has 29 heavy (non-hydrogen) atoms. The van der Waals surface area contributed by atoms with E-state index in [2.05, 4.69) is 9.71 Å². The first kappa shape index (κ1) is 21.5. The number of aromatic nitrogens is 1. The molecule has 3 rings (SSSR count). The van der Waals surface area contributed by atoms with Gasteiger partial charge in [-0.25, -0.2) is 13.4 Å². The Morgan fingerprint density at radius 1 is 1.21 bits per heavy atom. The molecule has 1 aliphatic heterocycles. The van der Waals surface area contributed by atoms with E-state index < -0.39 is 38.6 Å². The molecule has 7 nitrogen and oxygen atoms in total. The fourth-order valence-electron chi connectivity index (χ4n) is 3.05. The van der Waals surface area contributed by atoms with Crippen LogP contribution in [-0.4, -0.2) is 56.4 Å². The van der Waals surface area contributed by atoms with Crippen LogP contribution in [0.1, 0.15) is 12.5 Å². The van der Waals surface area contributed by atoms with Gasteiger partial charge in [-0.1, -0.05) is 12.1 Å². The zero-order valence-corrected chi connectivity index (χ0v) is 17.0. The van der Waals surface area contributed by atoms with Crippen LogP contribution in [0.3, 0.4) is 0 Å². The van der Waals surface area contributed by atoms with Crippen molar-refractivity contribution in [3.05, 3.63) is 41.4 Å². The lowest BCUT2D eigenvalue weighted by atomic mass is 10.2. The summed E-state index contributed by atoms with van der Waals surface area (Å²) in [5, 5.41) is 2.69. The molecule has 1 amide bonds. The summed E-state index contributed by atoms with van der Waals surface area (Å²) >= 11 is 1.48. The van der Waals surface area contributed by atoms with E-state index >= 15 is 0 Å². The fraction of sp³-hybridized carbons (Fsp3) is 0.412. The van der Waals surface area contributed by atoms with E-state index in [4.69, 9.17) is 0 Å². The molecule has 1 aliphatic rings. The molecule has 0 spiro atoms. The first-order valence-electron chi connectivity index (χ1n) is 8.71. The van der Waals surface area contributed by atoms with Gasteiger partial charge in [-0.2, -0.15) is 17.9 Å². The lowest BCUT2D eigenvalue weighted by Crippen LogP contribution is -2.54. The molecule has 1 fully saturated rings. The number of rotatable bonds is 5. The molecule has 1 aromatic heterocycles. The van der Waals surface area contributed by atoms with E-state index in [1.807, 2.05) is 10.3 Å². The minimum absolute atomic E-state index is 0.365. The molecular formula is C17H19F3N4O3S2. The third-order valence-electron chi connectivity index (χ3n) is 4.47. The molecule has 0 radical (unpaired) electrons. The SMILES string of the molecule is CC(NS(=O)(=O)c1ccccc1C(F)(F)F)C(=O)N1CCN(c2nccs2)CC1. The van der Waals surface area contributed by atoms with Gasteiger partial charge < -0.3 is 9.80 Å². The topological polar surface area (TPSA) is 82.6 Å². The van der Waals surface area contributed by atoms with Gasteiger partial charge in [-0.15, -0.1) is 11.3 Å². The van der Waals surface area contributed by atoms with Crippen molar-refractivity contribution in [1.82, 2.24) is 14.6 Å². The number of nitrogens with one attached hydrogen (secondary N) is 1. The minimum atomic E-state index is -4.83. The van der Waals surface area contributed by atoms with Gasteiger partial charge in [-0.05, 0) is 19.1 Å². The molecule has 2 heterocycles. The summed E-state index contributed by atoms with van der Waals surface area (Å²) in [6, 6.07) is 2.67. The standard InChI is InChI=1S/C17H19F3N4O3S2/c1-12(15(25)23-7-9-24(10-8-23)16-21-6-11-28-16)22-29(26,27)14-5-3-2-4-13(14)17(18,19)20/h2-6,11-12,22H,7-10H2,1H3.